The van der Waals surface area contributed by atoms with E-state index in [1.165, 1.54) is 50.1 Å². The zero-order valence-electron chi connectivity index (χ0n) is 34.4. The van der Waals surface area contributed by atoms with E-state index in [1.54, 1.807) is 6.20 Å². The molecule has 0 unspecified atom stereocenters. The number of aromatic nitrogens is 2. The fraction of sp³-hybridized carbons (Fsp3) is 0.145. The summed E-state index contributed by atoms with van der Waals surface area (Å²) in [6.07, 6.45) is 16.0. The zero-order chi connectivity index (χ0) is 40.5. The Bertz CT molecular complexity index is 2830. The second-order valence-corrected chi connectivity index (χ2v) is 16.3. The summed E-state index contributed by atoms with van der Waals surface area (Å²) < 4.78 is 2.16. The molecule has 2 N–H and O–H groups in total. The highest BCUT2D eigenvalue weighted by Gasteiger charge is 2.37. The lowest BCUT2D eigenvalue weighted by Gasteiger charge is -2.26. The van der Waals surface area contributed by atoms with Gasteiger partial charge >= 0.3 is 0 Å². The van der Waals surface area contributed by atoms with Crippen LogP contribution in [0.4, 0.5) is 17.1 Å². The van der Waals surface area contributed by atoms with E-state index in [1.807, 2.05) is 6.07 Å². The Morgan fingerprint density at radius 2 is 1.42 bits per heavy atom. The van der Waals surface area contributed by atoms with Crippen molar-refractivity contribution < 1.29 is 0 Å². The molecule has 290 valence electrons. The van der Waals surface area contributed by atoms with Gasteiger partial charge in [-0.05, 0) is 150 Å². The van der Waals surface area contributed by atoms with Crippen LogP contribution in [0.3, 0.4) is 0 Å². The molecule has 2 aliphatic rings. The minimum Gasteiger partial charge on any atom is -0.403 e. The van der Waals surface area contributed by atoms with Crippen LogP contribution in [0.5, 0.6) is 0 Å². The number of benzene rings is 6. The van der Waals surface area contributed by atoms with Gasteiger partial charge in [0.15, 0.2) is 0 Å². The minimum absolute atomic E-state index is 0.00917. The minimum atomic E-state index is 0.00917. The molecule has 7 aromatic rings. The Morgan fingerprint density at radius 1 is 0.763 bits per heavy atom. The number of nitrogens with zero attached hydrogens (tertiary/aromatic N) is 3. The van der Waals surface area contributed by atoms with Gasteiger partial charge in [-0.2, -0.15) is 0 Å². The maximum absolute atomic E-state index is 6.38. The van der Waals surface area contributed by atoms with E-state index < -0.39 is 0 Å². The van der Waals surface area contributed by atoms with Gasteiger partial charge in [0.1, 0.15) is 5.82 Å². The molecule has 0 atom stereocenters. The van der Waals surface area contributed by atoms with Crippen molar-refractivity contribution in [1.82, 2.24) is 9.55 Å². The molecular formula is C55H50N4. The van der Waals surface area contributed by atoms with Gasteiger partial charge in [-0.3, -0.25) is 4.57 Å². The first-order valence-electron chi connectivity index (χ1n) is 20.7. The van der Waals surface area contributed by atoms with E-state index in [0.29, 0.717) is 0 Å². The Morgan fingerprint density at radius 3 is 2.17 bits per heavy atom. The third-order valence-corrected chi connectivity index (χ3v) is 12.0. The second-order valence-electron chi connectivity index (χ2n) is 16.3. The van der Waals surface area contributed by atoms with Crippen LogP contribution in [0.2, 0.25) is 0 Å². The molecule has 1 aromatic heterocycles. The molecule has 0 amide bonds. The monoisotopic (exact) mass is 766 g/mol. The molecule has 9 rings (SSSR count). The van der Waals surface area contributed by atoms with Crippen LogP contribution in [0.1, 0.15) is 62.3 Å². The highest BCUT2D eigenvalue weighted by atomic mass is 15.1. The van der Waals surface area contributed by atoms with E-state index in [9.17, 15) is 0 Å². The van der Waals surface area contributed by atoms with Crippen LogP contribution in [0.25, 0.3) is 50.9 Å². The van der Waals surface area contributed by atoms with E-state index in [2.05, 4.69) is 207 Å². The van der Waals surface area contributed by atoms with Crippen LogP contribution < -0.4 is 10.6 Å². The molecular weight excluding hydrogens is 717 g/mol. The number of para-hydroxylation sites is 3. The van der Waals surface area contributed by atoms with Gasteiger partial charge in [-0.1, -0.05) is 123 Å². The van der Waals surface area contributed by atoms with Crippen molar-refractivity contribution in [2.75, 3.05) is 4.90 Å². The van der Waals surface area contributed by atoms with Crippen molar-refractivity contribution >= 4 is 45.4 Å². The fourth-order valence-electron chi connectivity index (χ4n) is 8.89. The summed E-state index contributed by atoms with van der Waals surface area (Å²) >= 11 is 0. The first-order chi connectivity index (χ1) is 28.8. The summed E-state index contributed by atoms with van der Waals surface area (Å²) in [5.74, 6) is 0.839. The Labute approximate surface area is 348 Å². The van der Waals surface area contributed by atoms with Gasteiger partial charge in [0.05, 0.1) is 16.7 Å². The third-order valence-electron chi connectivity index (χ3n) is 12.0. The summed E-state index contributed by atoms with van der Waals surface area (Å²) in [6.45, 7) is 9.06. The van der Waals surface area contributed by atoms with E-state index in [0.717, 1.165) is 64.4 Å². The number of rotatable bonds is 10. The molecule has 0 saturated carbocycles. The van der Waals surface area contributed by atoms with Crippen molar-refractivity contribution in [1.29, 1.82) is 0 Å². The van der Waals surface area contributed by atoms with Crippen molar-refractivity contribution in [3.8, 4) is 22.5 Å². The predicted molar refractivity (Wildman–Crippen MR) is 251 cm³/mol. The van der Waals surface area contributed by atoms with Crippen LogP contribution in [-0.2, 0) is 5.41 Å². The van der Waals surface area contributed by atoms with Crippen molar-refractivity contribution in [3.05, 3.63) is 209 Å². The average Bonchev–Trinajstić information content (AvgIpc) is 3.76. The second kappa shape index (κ2) is 15.8. The summed E-state index contributed by atoms with van der Waals surface area (Å²) in [6, 6.07) is 52.1. The van der Waals surface area contributed by atoms with Gasteiger partial charge in [-0.15, -0.1) is 0 Å². The lowest BCUT2D eigenvalue weighted by molar-refractivity contribution is 0.651. The number of nitrogens with two attached hydrogens (primary N) is 1. The Kier molecular flexibility index (Phi) is 10.1. The molecule has 0 spiro atoms. The van der Waals surface area contributed by atoms with Gasteiger partial charge in [0.25, 0.3) is 0 Å². The predicted octanol–water partition coefficient (Wildman–Crippen LogP) is 14.4. The SMILES string of the molecule is C/C(=C\c1ccccc1C)C/C=C\C(=C/N)n1c(-c2ccc(N(c3ccccc3)c3ccc(-c4ccc5c(c4)C(C)(C)C4=C5CCC=C4)cc3)cc2)nc2ccccc21. The smallest absolute Gasteiger partial charge is 0.145 e. The number of hydrogen-bond acceptors (Lipinski definition) is 3. The van der Waals surface area contributed by atoms with E-state index in [-0.39, 0.29) is 5.41 Å². The molecule has 2 aliphatic carbocycles. The van der Waals surface area contributed by atoms with Gasteiger partial charge in [0, 0.05) is 34.2 Å². The number of fused-ring (bicyclic) bond motifs is 3. The molecule has 0 fully saturated rings. The number of allylic oxidation sites excluding steroid dienone is 8. The molecule has 59 heavy (non-hydrogen) atoms. The van der Waals surface area contributed by atoms with Gasteiger partial charge < -0.3 is 10.6 Å². The number of hydrogen-bond donors (Lipinski definition) is 1. The standard InChI is InChI=1S/C55H50N4/c1-38(35-42-17-9-8-16-39(42)2)15-14-20-47(37-56)59-53-24-13-12-23-52(53)57-54(59)41-27-32-46(33-28-41)58(44-18-6-5-7-19-44)45-30-25-40(26-31-45)43-29-34-49-48-21-10-11-22-50(48)55(3,4)51(49)36-43/h5-9,11-14,16-20,22-37H,10,15,21,56H2,1-4H3/b20-14-,38-35+,47-37+. The molecule has 1 heterocycles. The summed E-state index contributed by atoms with van der Waals surface area (Å²) in [5.41, 5.74) is 25.5. The quantitative estimate of drug-likeness (QED) is 0.141. The van der Waals surface area contributed by atoms with Crippen LogP contribution >= 0.6 is 0 Å². The van der Waals surface area contributed by atoms with Crippen molar-refractivity contribution in [2.45, 2.75) is 52.4 Å². The molecule has 0 aliphatic heterocycles. The summed E-state index contributed by atoms with van der Waals surface area (Å²) in [5, 5.41) is 0. The third kappa shape index (κ3) is 7.16. The topological polar surface area (TPSA) is 47.1 Å². The first-order valence-corrected chi connectivity index (χ1v) is 20.7. The normalized spacial score (nSPS) is 14.9. The van der Waals surface area contributed by atoms with E-state index in [4.69, 9.17) is 10.7 Å². The first kappa shape index (κ1) is 37.7. The molecule has 6 aromatic carbocycles. The Hall–Kier alpha value is -6.91. The Balaban J connectivity index is 1.02. The maximum atomic E-state index is 6.38. The maximum Gasteiger partial charge on any atom is 0.145 e. The van der Waals surface area contributed by atoms with E-state index >= 15 is 0 Å². The average molecular weight is 767 g/mol. The molecule has 0 saturated heterocycles. The fourth-order valence-corrected chi connectivity index (χ4v) is 8.89. The van der Waals surface area contributed by atoms with Gasteiger partial charge in [0.2, 0.25) is 0 Å². The van der Waals surface area contributed by atoms with Crippen LogP contribution in [-0.4, -0.2) is 9.55 Å². The van der Waals surface area contributed by atoms with Gasteiger partial charge in [-0.25, -0.2) is 4.98 Å². The highest BCUT2D eigenvalue weighted by Crippen LogP contribution is 2.51. The van der Waals surface area contributed by atoms with Crippen molar-refractivity contribution in [3.63, 3.8) is 0 Å². The molecule has 0 radical (unpaired) electrons. The van der Waals surface area contributed by atoms with Crippen molar-refractivity contribution in [2.24, 2.45) is 5.73 Å². The number of anilines is 3. The molecule has 4 nitrogen and oxygen atoms in total. The number of imidazole rings is 1. The lowest BCUT2D eigenvalue weighted by atomic mass is 9.79. The highest BCUT2D eigenvalue weighted by molar-refractivity contribution is 5.88. The molecule has 0 bridgehead atoms. The summed E-state index contributed by atoms with van der Waals surface area (Å²) in [4.78, 5) is 7.46. The zero-order valence-corrected chi connectivity index (χ0v) is 34.4. The summed E-state index contributed by atoms with van der Waals surface area (Å²) in [7, 11) is 0. The van der Waals surface area contributed by atoms with Crippen LogP contribution in [0.15, 0.2) is 187 Å². The molecule has 4 heteroatoms. The number of aryl methyl sites for hydroxylation is 1. The van der Waals surface area contributed by atoms with Crippen LogP contribution in [0, 0.1) is 6.92 Å². The lowest BCUT2D eigenvalue weighted by Crippen LogP contribution is -2.16. The largest absolute Gasteiger partial charge is 0.403 e.